The maximum absolute atomic E-state index is 12.7. The molecule has 3 rings (SSSR count). The first kappa shape index (κ1) is 20.9. The summed E-state index contributed by atoms with van der Waals surface area (Å²) in [5.74, 6) is 1.50. The van der Waals surface area contributed by atoms with Crippen LogP contribution in [0, 0.1) is 5.92 Å². The number of carbonyl (C=O) groups excluding carboxylic acids is 1. The first-order chi connectivity index (χ1) is 13.4. The molecular weight excluding hydrogens is 380 g/mol. The van der Waals surface area contributed by atoms with Gasteiger partial charge >= 0.3 is 0 Å². The summed E-state index contributed by atoms with van der Waals surface area (Å²) in [6.45, 7) is 1.20. The molecule has 1 heterocycles. The summed E-state index contributed by atoms with van der Waals surface area (Å²) in [5.41, 5.74) is 2.04. The van der Waals surface area contributed by atoms with Crippen molar-refractivity contribution in [1.29, 1.82) is 0 Å². The molecule has 8 heteroatoms. The standard InChI is InChI=1S/C20H30N2O5S/c1-26-18-12-16-8-10-22(14-17(16)13-19(18)27-2)28(24,25)11-5-9-21-20(23)15-6-3-4-7-15/h12-13,15H,3-11,14H2,1-2H3,(H,21,23). The second kappa shape index (κ2) is 9.13. The van der Waals surface area contributed by atoms with Gasteiger partial charge in [-0.05, 0) is 48.9 Å². The molecule has 156 valence electrons. The summed E-state index contributed by atoms with van der Waals surface area (Å²) in [5, 5.41) is 2.89. The van der Waals surface area contributed by atoms with Gasteiger partial charge in [0.25, 0.3) is 0 Å². The summed E-state index contributed by atoms with van der Waals surface area (Å²) >= 11 is 0. The second-order valence-electron chi connectivity index (χ2n) is 7.50. The Labute approximate surface area is 167 Å². The van der Waals surface area contributed by atoms with Crippen LogP contribution in [-0.4, -0.2) is 51.7 Å². The van der Waals surface area contributed by atoms with Crippen LogP contribution in [0.2, 0.25) is 0 Å². The maximum atomic E-state index is 12.7. The Kier molecular flexibility index (Phi) is 6.82. The van der Waals surface area contributed by atoms with Crippen molar-refractivity contribution >= 4 is 15.9 Å². The van der Waals surface area contributed by atoms with Gasteiger partial charge in [-0.15, -0.1) is 0 Å². The van der Waals surface area contributed by atoms with Gasteiger partial charge < -0.3 is 14.8 Å². The van der Waals surface area contributed by atoms with Crippen LogP contribution in [0.3, 0.4) is 0 Å². The van der Waals surface area contributed by atoms with Crippen molar-refractivity contribution in [2.75, 3.05) is 33.1 Å². The number of sulfonamides is 1. The number of benzene rings is 1. The molecule has 1 aliphatic heterocycles. The maximum Gasteiger partial charge on any atom is 0.223 e. The number of rotatable bonds is 8. The zero-order valence-electron chi connectivity index (χ0n) is 16.7. The topological polar surface area (TPSA) is 84.9 Å². The number of amides is 1. The van der Waals surface area contributed by atoms with E-state index in [2.05, 4.69) is 5.32 Å². The molecule has 7 nitrogen and oxygen atoms in total. The molecule has 1 aromatic carbocycles. The van der Waals surface area contributed by atoms with E-state index >= 15 is 0 Å². The molecule has 1 fully saturated rings. The first-order valence-electron chi connectivity index (χ1n) is 9.94. The normalized spacial score (nSPS) is 17.9. The predicted molar refractivity (Wildman–Crippen MR) is 107 cm³/mol. The highest BCUT2D eigenvalue weighted by Gasteiger charge is 2.28. The van der Waals surface area contributed by atoms with E-state index in [1.807, 2.05) is 12.1 Å². The molecule has 1 amide bonds. The molecule has 0 spiro atoms. The predicted octanol–water partition coefficient (Wildman–Crippen LogP) is 2.09. The Bertz CT molecular complexity index is 803. The highest BCUT2D eigenvalue weighted by molar-refractivity contribution is 7.89. The number of ether oxygens (including phenoxy) is 2. The molecule has 1 aliphatic carbocycles. The Morgan fingerprint density at radius 3 is 2.43 bits per heavy atom. The molecular formula is C20H30N2O5S. The third-order valence-corrected chi connectivity index (χ3v) is 7.58. The number of nitrogens with zero attached hydrogens (tertiary/aromatic N) is 1. The largest absolute Gasteiger partial charge is 0.493 e. The van der Waals surface area contributed by atoms with E-state index < -0.39 is 10.0 Å². The van der Waals surface area contributed by atoms with Crippen molar-refractivity contribution in [3.8, 4) is 11.5 Å². The molecule has 0 radical (unpaired) electrons. The van der Waals surface area contributed by atoms with Crippen LogP contribution in [0.4, 0.5) is 0 Å². The molecule has 1 aromatic rings. The highest BCUT2D eigenvalue weighted by atomic mass is 32.2. The van der Waals surface area contributed by atoms with Gasteiger partial charge in [0.1, 0.15) is 0 Å². The van der Waals surface area contributed by atoms with Crippen molar-refractivity contribution in [2.45, 2.75) is 45.1 Å². The van der Waals surface area contributed by atoms with Crippen LogP contribution in [0.1, 0.15) is 43.2 Å². The van der Waals surface area contributed by atoms with Gasteiger partial charge in [-0.2, -0.15) is 4.31 Å². The molecule has 0 aromatic heterocycles. The average Bonchev–Trinajstić information content (AvgIpc) is 3.24. The number of hydrogen-bond donors (Lipinski definition) is 1. The van der Waals surface area contributed by atoms with E-state index in [1.54, 1.807) is 14.2 Å². The first-order valence-corrected chi connectivity index (χ1v) is 11.5. The van der Waals surface area contributed by atoms with Gasteiger partial charge in [-0.3, -0.25) is 4.79 Å². The lowest BCUT2D eigenvalue weighted by molar-refractivity contribution is -0.124. The number of methoxy groups -OCH3 is 2. The van der Waals surface area contributed by atoms with Gasteiger partial charge in [-0.1, -0.05) is 12.8 Å². The molecule has 28 heavy (non-hydrogen) atoms. The Hall–Kier alpha value is -1.80. The molecule has 0 unspecified atom stereocenters. The minimum absolute atomic E-state index is 0.0422. The van der Waals surface area contributed by atoms with Crippen LogP contribution in [0.5, 0.6) is 11.5 Å². The number of hydrogen-bond acceptors (Lipinski definition) is 5. The summed E-state index contributed by atoms with van der Waals surface area (Å²) in [7, 11) is -0.205. The van der Waals surface area contributed by atoms with Crippen LogP contribution in [0.25, 0.3) is 0 Å². The monoisotopic (exact) mass is 410 g/mol. The van der Waals surface area contributed by atoms with Crippen LogP contribution in [0.15, 0.2) is 12.1 Å². The van der Waals surface area contributed by atoms with Crippen molar-refractivity contribution in [1.82, 2.24) is 9.62 Å². The third kappa shape index (κ3) is 4.78. The number of carbonyl (C=O) groups is 1. The summed E-state index contributed by atoms with van der Waals surface area (Å²) < 4.78 is 37.7. The summed E-state index contributed by atoms with van der Waals surface area (Å²) in [6.07, 6.45) is 5.19. The Balaban J connectivity index is 1.54. The molecule has 0 atom stereocenters. The van der Waals surface area contributed by atoms with E-state index in [4.69, 9.17) is 9.47 Å². The average molecular weight is 411 g/mol. The van der Waals surface area contributed by atoms with Crippen LogP contribution in [-0.2, 0) is 27.8 Å². The zero-order valence-corrected chi connectivity index (χ0v) is 17.5. The minimum Gasteiger partial charge on any atom is -0.493 e. The van der Waals surface area contributed by atoms with E-state index in [0.717, 1.165) is 36.8 Å². The highest BCUT2D eigenvalue weighted by Crippen LogP contribution is 2.33. The van der Waals surface area contributed by atoms with Crippen molar-refractivity contribution in [3.05, 3.63) is 23.3 Å². The molecule has 0 saturated heterocycles. The molecule has 1 saturated carbocycles. The van der Waals surface area contributed by atoms with Gasteiger partial charge in [0.2, 0.25) is 15.9 Å². The second-order valence-corrected chi connectivity index (χ2v) is 9.59. The van der Waals surface area contributed by atoms with Crippen molar-refractivity contribution in [3.63, 3.8) is 0 Å². The lowest BCUT2D eigenvalue weighted by Gasteiger charge is -2.29. The number of fused-ring (bicyclic) bond motifs is 1. The van der Waals surface area contributed by atoms with Crippen molar-refractivity contribution in [2.24, 2.45) is 5.92 Å². The Morgan fingerprint density at radius 1 is 1.14 bits per heavy atom. The fourth-order valence-electron chi connectivity index (χ4n) is 4.02. The molecule has 1 N–H and O–H groups in total. The van der Waals surface area contributed by atoms with Crippen LogP contribution >= 0.6 is 0 Å². The van der Waals surface area contributed by atoms with Crippen molar-refractivity contribution < 1.29 is 22.7 Å². The SMILES string of the molecule is COc1cc2c(cc1OC)CN(S(=O)(=O)CCCNC(=O)C1CCCC1)CC2. The Morgan fingerprint density at radius 2 is 1.79 bits per heavy atom. The minimum atomic E-state index is -3.37. The molecule has 2 aliphatic rings. The van der Waals surface area contributed by atoms with E-state index in [1.165, 1.54) is 4.31 Å². The fraction of sp³-hybridized carbons (Fsp3) is 0.650. The third-order valence-electron chi connectivity index (χ3n) is 5.68. The lowest BCUT2D eigenvalue weighted by atomic mass is 10.0. The van der Waals surface area contributed by atoms with Gasteiger partial charge in [-0.25, -0.2) is 8.42 Å². The van der Waals surface area contributed by atoms with Gasteiger partial charge in [0, 0.05) is 25.6 Å². The zero-order chi connectivity index (χ0) is 20.1. The number of nitrogens with one attached hydrogen (secondary N) is 1. The smallest absolute Gasteiger partial charge is 0.223 e. The summed E-state index contributed by atoms with van der Waals surface area (Å²) in [6, 6.07) is 3.79. The summed E-state index contributed by atoms with van der Waals surface area (Å²) in [4.78, 5) is 12.0. The van der Waals surface area contributed by atoms with Crippen LogP contribution < -0.4 is 14.8 Å². The van der Waals surface area contributed by atoms with E-state index in [0.29, 0.717) is 44.0 Å². The van der Waals surface area contributed by atoms with E-state index in [9.17, 15) is 13.2 Å². The van der Waals surface area contributed by atoms with E-state index in [-0.39, 0.29) is 17.6 Å². The molecule has 0 bridgehead atoms. The lowest BCUT2D eigenvalue weighted by Crippen LogP contribution is -2.38. The van der Waals surface area contributed by atoms with Gasteiger partial charge in [0.15, 0.2) is 11.5 Å². The quantitative estimate of drug-likeness (QED) is 0.664. The fourth-order valence-corrected chi connectivity index (χ4v) is 5.49. The van der Waals surface area contributed by atoms with Gasteiger partial charge in [0.05, 0.1) is 20.0 Å².